The molecule has 0 aliphatic heterocycles. The van der Waals surface area contributed by atoms with Crippen molar-refractivity contribution in [2.75, 3.05) is 0 Å². The van der Waals surface area contributed by atoms with Crippen LogP contribution in [0.15, 0.2) is 12.3 Å². The minimum Gasteiger partial charge on any atom is -0.197 e. The first-order chi connectivity index (χ1) is 4.93. The van der Waals surface area contributed by atoms with Gasteiger partial charge in [-0.3, -0.25) is 0 Å². The fourth-order valence-corrected chi connectivity index (χ4v) is 0.662. The molecule has 3 nitrogen and oxygen atoms in total. The highest BCUT2D eigenvalue weighted by Crippen LogP contribution is 1.95. The predicted molar refractivity (Wildman–Crippen MR) is 40.3 cm³/mol. The van der Waals surface area contributed by atoms with Crippen molar-refractivity contribution in [3.63, 3.8) is 0 Å². The first-order valence-corrected chi connectivity index (χ1v) is 3.46. The van der Waals surface area contributed by atoms with Crippen molar-refractivity contribution in [2.45, 2.75) is 19.8 Å². The Hall–Kier alpha value is -1.12. The number of nitrogens with one attached hydrogen (secondary N) is 1. The van der Waals surface area contributed by atoms with Crippen molar-refractivity contribution in [1.29, 1.82) is 0 Å². The Morgan fingerprint density at radius 1 is 1.70 bits per heavy atom. The van der Waals surface area contributed by atoms with Crippen molar-refractivity contribution >= 4 is 6.08 Å². The first-order valence-electron chi connectivity index (χ1n) is 3.46. The molecule has 1 aromatic heterocycles. The molecular weight excluding hydrogens is 126 g/mol. The number of H-pyrrole nitrogens is 1. The molecule has 0 radical (unpaired) electrons. The van der Waals surface area contributed by atoms with Crippen LogP contribution in [0.5, 0.6) is 0 Å². The maximum Gasteiger partial charge on any atom is 0.105 e. The molecule has 0 saturated heterocycles. The third kappa shape index (κ3) is 2.01. The Kier molecular flexibility index (Phi) is 2.67. The molecule has 0 amide bonds. The van der Waals surface area contributed by atoms with E-state index in [0.717, 1.165) is 12.1 Å². The van der Waals surface area contributed by atoms with E-state index in [1.54, 1.807) is 6.20 Å². The van der Waals surface area contributed by atoms with Crippen LogP contribution in [0.2, 0.25) is 0 Å². The SMILES string of the molecule is CCCC=Cc1cn[nH]n1. The summed E-state index contributed by atoms with van der Waals surface area (Å²) in [6, 6.07) is 0. The molecule has 10 heavy (non-hydrogen) atoms. The van der Waals surface area contributed by atoms with Crippen LogP contribution in [-0.2, 0) is 0 Å². The Morgan fingerprint density at radius 3 is 3.20 bits per heavy atom. The molecule has 1 N–H and O–H groups in total. The summed E-state index contributed by atoms with van der Waals surface area (Å²) in [4.78, 5) is 0. The summed E-state index contributed by atoms with van der Waals surface area (Å²) in [5.41, 5.74) is 0.897. The third-order valence-electron chi connectivity index (χ3n) is 1.18. The van der Waals surface area contributed by atoms with Gasteiger partial charge in [0.05, 0.1) is 6.20 Å². The quantitative estimate of drug-likeness (QED) is 0.687. The zero-order valence-electron chi connectivity index (χ0n) is 6.04. The lowest BCUT2D eigenvalue weighted by molar-refractivity contribution is 0.935. The van der Waals surface area contributed by atoms with Crippen LogP contribution in [0.1, 0.15) is 25.5 Å². The maximum atomic E-state index is 3.87. The summed E-state index contributed by atoms with van der Waals surface area (Å²) in [6.07, 6.45) is 8.04. The number of unbranched alkanes of at least 4 members (excludes halogenated alkanes) is 1. The lowest BCUT2D eigenvalue weighted by Gasteiger charge is -1.81. The molecule has 1 aromatic rings. The normalized spacial score (nSPS) is 10.9. The number of aromatic amines is 1. The summed E-state index contributed by atoms with van der Waals surface area (Å²) < 4.78 is 0. The first kappa shape index (κ1) is 6.99. The second-order valence-corrected chi connectivity index (χ2v) is 2.09. The van der Waals surface area contributed by atoms with Crippen LogP contribution in [0.3, 0.4) is 0 Å². The molecule has 0 aromatic carbocycles. The van der Waals surface area contributed by atoms with E-state index < -0.39 is 0 Å². The minimum absolute atomic E-state index is 0.897. The van der Waals surface area contributed by atoms with E-state index >= 15 is 0 Å². The zero-order valence-corrected chi connectivity index (χ0v) is 6.04. The largest absolute Gasteiger partial charge is 0.197 e. The summed E-state index contributed by atoms with van der Waals surface area (Å²) in [5, 5.41) is 10.1. The van der Waals surface area contributed by atoms with Gasteiger partial charge >= 0.3 is 0 Å². The van der Waals surface area contributed by atoms with Crippen molar-refractivity contribution < 1.29 is 0 Å². The molecular formula is C7H11N3. The topological polar surface area (TPSA) is 41.6 Å². The van der Waals surface area contributed by atoms with Crippen LogP contribution >= 0.6 is 0 Å². The second-order valence-electron chi connectivity index (χ2n) is 2.09. The van der Waals surface area contributed by atoms with Crippen molar-refractivity contribution in [3.8, 4) is 0 Å². The number of aromatic nitrogens is 3. The Labute approximate surface area is 60.2 Å². The van der Waals surface area contributed by atoms with Crippen molar-refractivity contribution in [1.82, 2.24) is 15.4 Å². The van der Waals surface area contributed by atoms with Crippen LogP contribution in [0.4, 0.5) is 0 Å². The molecule has 3 heteroatoms. The molecule has 0 spiro atoms. The number of hydrogen-bond donors (Lipinski definition) is 1. The zero-order chi connectivity index (χ0) is 7.23. The smallest absolute Gasteiger partial charge is 0.105 e. The Morgan fingerprint density at radius 2 is 2.60 bits per heavy atom. The number of allylic oxidation sites excluding steroid dienone is 1. The van der Waals surface area contributed by atoms with E-state index in [0.29, 0.717) is 0 Å². The van der Waals surface area contributed by atoms with Gasteiger partial charge in [0.25, 0.3) is 0 Å². The Balaban J connectivity index is 2.40. The highest BCUT2D eigenvalue weighted by Gasteiger charge is 1.84. The average Bonchev–Trinajstić information content (AvgIpc) is 2.41. The van der Waals surface area contributed by atoms with Crippen LogP contribution in [0.25, 0.3) is 6.08 Å². The van der Waals surface area contributed by atoms with Crippen molar-refractivity contribution in [3.05, 3.63) is 18.0 Å². The summed E-state index contributed by atoms with van der Waals surface area (Å²) in [5.74, 6) is 0. The minimum atomic E-state index is 0.897. The summed E-state index contributed by atoms with van der Waals surface area (Å²) in [6.45, 7) is 2.15. The van der Waals surface area contributed by atoms with Gasteiger partial charge in [0.2, 0.25) is 0 Å². The molecule has 1 heterocycles. The van der Waals surface area contributed by atoms with E-state index in [1.807, 2.05) is 6.08 Å². The van der Waals surface area contributed by atoms with Gasteiger partial charge in [0.15, 0.2) is 0 Å². The fraction of sp³-hybridized carbons (Fsp3) is 0.429. The van der Waals surface area contributed by atoms with E-state index in [-0.39, 0.29) is 0 Å². The van der Waals surface area contributed by atoms with Crippen molar-refractivity contribution in [2.24, 2.45) is 0 Å². The van der Waals surface area contributed by atoms with Gasteiger partial charge in [-0.15, -0.1) is 0 Å². The number of rotatable bonds is 3. The monoisotopic (exact) mass is 137 g/mol. The number of hydrogen-bond acceptors (Lipinski definition) is 2. The van der Waals surface area contributed by atoms with Gasteiger partial charge in [0, 0.05) is 0 Å². The lowest BCUT2D eigenvalue weighted by Crippen LogP contribution is -1.70. The molecule has 54 valence electrons. The standard InChI is InChI=1S/C7H11N3/c1-2-3-4-5-7-6-8-10-9-7/h4-6H,2-3H2,1H3,(H,8,9,10). The molecule has 0 unspecified atom stereocenters. The highest BCUT2D eigenvalue weighted by atomic mass is 15.3. The molecule has 0 fully saturated rings. The molecule has 0 bridgehead atoms. The number of nitrogens with zero attached hydrogens (tertiary/aromatic N) is 2. The van der Waals surface area contributed by atoms with Gasteiger partial charge in [-0.05, 0) is 12.5 Å². The highest BCUT2D eigenvalue weighted by molar-refractivity contribution is 5.41. The summed E-state index contributed by atoms with van der Waals surface area (Å²) in [7, 11) is 0. The van der Waals surface area contributed by atoms with Gasteiger partial charge in [-0.25, -0.2) is 0 Å². The van der Waals surface area contributed by atoms with E-state index in [1.165, 1.54) is 6.42 Å². The maximum absolute atomic E-state index is 3.87. The third-order valence-corrected chi connectivity index (χ3v) is 1.18. The fourth-order valence-electron chi connectivity index (χ4n) is 0.662. The van der Waals surface area contributed by atoms with E-state index in [2.05, 4.69) is 28.4 Å². The van der Waals surface area contributed by atoms with Gasteiger partial charge in [-0.1, -0.05) is 19.4 Å². The summed E-state index contributed by atoms with van der Waals surface area (Å²) >= 11 is 0. The predicted octanol–water partition coefficient (Wildman–Crippen LogP) is 1.62. The van der Waals surface area contributed by atoms with Gasteiger partial charge in [-0.2, -0.15) is 15.4 Å². The van der Waals surface area contributed by atoms with Gasteiger partial charge in [0.1, 0.15) is 5.69 Å². The molecule has 0 aliphatic carbocycles. The molecule has 1 rings (SSSR count). The lowest BCUT2D eigenvalue weighted by atomic mass is 10.3. The van der Waals surface area contributed by atoms with E-state index in [4.69, 9.17) is 0 Å². The van der Waals surface area contributed by atoms with Gasteiger partial charge < -0.3 is 0 Å². The molecule has 0 atom stereocenters. The Bertz CT molecular complexity index is 189. The van der Waals surface area contributed by atoms with Crippen LogP contribution in [0, 0.1) is 0 Å². The van der Waals surface area contributed by atoms with E-state index in [9.17, 15) is 0 Å². The molecule has 0 saturated carbocycles. The second kappa shape index (κ2) is 3.82. The molecule has 0 aliphatic rings. The van der Waals surface area contributed by atoms with Crippen LogP contribution < -0.4 is 0 Å². The van der Waals surface area contributed by atoms with Crippen LogP contribution in [-0.4, -0.2) is 15.4 Å². The average molecular weight is 137 g/mol.